The van der Waals surface area contributed by atoms with Crippen molar-refractivity contribution in [3.05, 3.63) is 29.8 Å². The number of nitrogens with zero attached hydrogens (tertiary/aromatic N) is 1. The first-order valence-electron chi connectivity index (χ1n) is 6.30. The molecule has 1 aliphatic heterocycles. The highest BCUT2D eigenvalue weighted by Gasteiger charge is 2.19. The van der Waals surface area contributed by atoms with E-state index in [1.807, 2.05) is 24.3 Å². The van der Waals surface area contributed by atoms with Crippen molar-refractivity contribution < 1.29 is 14.6 Å². The van der Waals surface area contributed by atoms with Crippen molar-refractivity contribution in [3.63, 3.8) is 0 Å². The Morgan fingerprint density at radius 1 is 1.39 bits per heavy atom. The Kier molecular flexibility index (Phi) is 4.20. The van der Waals surface area contributed by atoms with Crippen molar-refractivity contribution in [2.24, 2.45) is 0 Å². The number of ether oxygens (including phenoxy) is 1. The highest BCUT2D eigenvalue weighted by molar-refractivity contribution is 5.71. The number of carboxylic acids is 1. The lowest BCUT2D eigenvalue weighted by Gasteiger charge is -2.29. The second-order valence-electron chi connectivity index (χ2n) is 4.80. The zero-order valence-electron chi connectivity index (χ0n) is 10.6. The topological polar surface area (TPSA) is 49.8 Å². The van der Waals surface area contributed by atoms with Gasteiger partial charge in [0.05, 0.1) is 6.42 Å². The first-order valence-corrected chi connectivity index (χ1v) is 6.30. The Hall–Kier alpha value is -1.55. The van der Waals surface area contributed by atoms with Crippen LogP contribution in [0.2, 0.25) is 0 Å². The number of likely N-dealkylation sites (tertiary alicyclic amines) is 1. The monoisotopic (exact) mass is 249 g/mol. The third-order valence-corrected chi connectivity index (χ3v) is 3.27. The van der Waals surface area contributed by atoms with Gasteiger partial charge >= 0.3 is 5.97 Å². The van der Waals surface area contributed by atoms with Crippen molar-refractivity contribution in [2.75, 3.05) is 20.1 Å². The summed E-state index contributed by atoms with van der Waals surface area (Å²) in [6.07, 6.45) is 2.22. The summed E-state index contributed by atoms with van der Waals surface area (Å²) in [6, 6.07) is 7.41. The summed E-state index contributed by atoms with van der Waals surface area (Å²) in [7, 11) is 2.11. The van der Waals surface area contributed by atoms with Gasteiger partial charge in [-0.25, -0.2) is 0 Å². The van der Waals surface area contributed by atoms with Gasteiger partial charge in [-0.1, -0.05) is 18.2 Å². The third kappa shape index (κ3) is 3.47. The van der Waals surface area contributed by atoms with Crippen LogP contribution in [0.1, 0.15) is 18.4 Å². The van der Waals surface area contributed by atoms with Gasteiger partial charge in [-0.2, -0.15) is 0 Å². The molecule has 2 rings (SSSR count). The van der Waals surface area contributed by atoms with Crippen molar-refractivity contribution >= 4 is 5.97 Å². The van der Waals surface area contributed by atoms with Gasteiger partial charge in [0.1, 0.15) is 11.9 Å². The highest BCUT2D eigenvalue weighted by Crippen LogP contribution is 2.23. The average Bonchev–Trinajstić information content (AvgIpc) is 2.34. The molecule has 0 radical (unpaired) electrons. The maximum absolute atomic E-state index is 10.8. The molecule has 0 spiro atoms. The van der Waals surface area contributed by atoms with Gasteiger partial charge in [0, 0.05) is 18.7 Å². The summed E-state index contributed by atoms with van der Waals surface area (Å²) >= 11 is 0. The predicted octanol–water partition coefficient (Wildman–Crippen LogP) is 1.79. The fourth-order valence-electron chi connectivity index (χ4n) is 2.21. The van der Waals surface area contributed by atoms with Crippen LogP contribution >= 0.6 is 0 Å². The van der Waals surface area contributed by atoms with Crippen LogP contribution < -0.4 is 4.74 Å². The number of rotatable bonds is 4. The van der Waals surface area contributed by atoms with Crippen LogP contribution in [-0.2, 0) is 11.2 Å². The van der Waals surface area contributed by atoms with Crippen molar-refractivity contribution in [2.45, 2.75) is 25.4 Å². The lowest BCUT2D eigenvalue weighted by atomic mass is 10.1. The molecular formula is C14H19NO3. The van der Waals surface area contributed by atoms with E-state index < -0.39 is 5.97 Å². The number of carboxylic acid groups (broad SMARTS) is 1. The van der Waals surface area contributed by atoms with E-state index in [1.54, 1.807) is 0 Å². The number of para-hydroxylation sites is 1. The summed E-state index contributed by atoms with van der Waals surface area (Å²) in [5.41, 5.74) is 0.754. The number of benzene rings is 1. The maximum Gasteiger partial charge on any atom is 0.307 e. The van der Waals surface area contributed by atoms with Gasteiger partial charge in [-0.15, -0.1) is 0 Å². The van der Waals surface area contributed by atoms with Gasteiger partial charge in [-0.3, -0.25) is 4.79 Å². The van der Waals surface area contributed by atoms with E-state index in [0.717, 1.165) is 37.2 Å². The van der Waals surface area contributed by atoms with Gasteiger partial charge in [0.15, 0.2) is 0 Å². The fraction of sp³-hybridized carbons (Fsp3) is 0.500. The van der Waals surface area contributed by atoms with Crippen LogP contribution in [0.3, 0.4) is 0 Å². The smallest absolute Gasteiger partial charge is 0.307 e. The van der Waals surface area contributed by atoms with Crippen molar-refractivity contribution in [1.82, 2.24) is 4.90 Å². The van der Waals surface area contributed by atoms with E-state index >= 15 is 0 Å². The van der Waals surface area contributed by atoms with Gasteiger partial charge in [-0.05, 0) is 26.0 Å². The Labute approximate surface area is 107 Å². The summed E-state index contributed by atoms with van der Waals surface area (Å²) in [5.74, 6) is -0.108. The van der Waals surface area contributed by atoms with E-state index in [-0.39, 0.29) is 12.5 Å². The number of piperidine rings is 1. The minimum atomic E-state index is -0.825. The van der Waals surface area contributed by atoms with Crippen LogP contribution in [0, 0.1) is 0 Å². The van der Waals surface area contributed by atoms with E-state index in [4.69, 9.17) is 9.84 Å². The van der Waals surface area contributed by atoms with Crippen LogP contribution in [0.25, 0.3) is 0 Å². The molecule has 0 unspecified atom stereocenters. The minimum absolute atomic E-state index is 0.0167. The quantitative estimate of drug-likeness (QED) is 0.883. The van der Waals surface area contributed by atoms with E-state index in [1.165, 1.54) is 0 Å². The van der Waals surface area contributed by atoms with Gasteiger partial charge in [0.25, 0.3) is 0 Å². The zero-order chi connectivity index (χ0) is 13.0. The van der Waals surface area contributed by atoms with Crippen LogP contribution in [-0.4, -0.2) is 42.2 Å². The molecule has 1 aromatic rings. The van der Waals surface area contributed by atoms with Crippen molar-refractivity contribution in [3.8, 4) is 5.75 Å². The van der Waals surface area contributed by atoms with Crippen LogP contribution in [0.4, 0.5) is 0 Å². The fourth-order valence-corrected chi connectivity index (χ4v) is 2.21. The van der Waals surface area contributed by atoms with Crippen LogP contribution in [0.5, 0.6) is 5.75 Å². The lowest BCUT2D eigenvalue weighted by molar-refractivity contribution is -0.136. The molecule has 0 saturated carbocycles. The van der Waals surface area contributed by atoms with E-state index in [9.17, 15) is 4.79 Å². The predicted molar refractivity (Wildman–Crippen MR) is 68.9 cm³/mol. The average molecular weight is 249 g/mol. The molecule has 0 bridgehead atoms. The molecule has 1 fully saturated rings. The first kappa shape index (κ1) is 12.9. The summed E-state index contributed by atoms with van der Waals surface area (Å²) in [6.45, 7) is 2.07. The number of carbonyl (C=O) groups is 1. The molecule has 1 aliphatic rings. The maximum atomic E-state index is 10.8. The third-order valence-electron chi connectivity index (χ3n) is 3.27. The molecule has 0 atom stereocenters. The number of hydrogen-bond donors (Lipinski definition) is 1. The summed E-state index contributed by atoms with van der Waals surface area (Å²) < 4.78 is 5.95. The molecule has 1 saturated heterocycles. The molecule has 1 N–H and O–H groups in total. The van der Waals surface area contributed by atoms with Gasteiger partial charge in [0.2, 0.25) is 0 Å². The highest BCUT2D eigenvalue weighted by atomic mass is 16.5. The second kappa shape index (κ2) is 5.87. The molecule has 0 amide bonds. The van der Waals surface area contributed by atoms with E-state index in [2.05, 4.69) is 11.9 Å². The molecular weight excluding hydrogens is 230 g/mol. The number of aliphatic carboxylic acids is 1. The first-order chi connectivity index (χ1) is 8.65. The number of hydrogen-bond acceptors (Lipinski definition) is 3. The van der Waals surface area contributed by atoms with Crippen LogP contribution in [0.15, 0.2) is 24.3 Å². The molecule has 1 heterocycles. The zero-order valence-corrected chi connectivity index (χ0v) is 10.6. The molecule has 4 heteroatoms. The molecule has 4 nitrogen and oxygen atoms in total. The van der Waals surface area contributed by atoms with Gasteiger partial charge < -0.3 is 14.7 Å². The normalized spacial score (nSPS) is 17.6. The largest absolute Gasteiger partial charge is 0.490 e. The van der Waals surface area contributed by atoms with Crippen molar-refractivity contribution in [1.29, 1.82) is 0 Å². The Balaban J connectivity index is 2.02. The van der Waals surface area contributed by atoms with E-state index in [0.29, 0.717) is 0 Å². The molecule has 1 aromatic carbocycles. The minimum Gasteiger partial charge on any atom is -0.490 e. The molecule has 18 heavy (non-hydrogen) atoms. The Morgan fingerprint density at radius 2 is 2.06 bits per heavy atom. The Morgan fingerprint density at radius 3 is 2.72 bits per heavy atom. The standard InChI is InChI=1S/C14H19NO3/c1-15-8-6-12(7-9-15)18-13-5-3-2-4-11(13)10-14(16)17/h2-5,12H,6-10H2,1H3,(H,16,17). The molecule has 98 valence electrons. The second-order valence-corrected chi connectivity index (χ2v) is 4.80. The molecule has 0 aromatic heterocycles. The Bertz CT molecular complexity index is 411. The molecule has 0 aliphatic carbocycles. The SMILES string of the molecule is CN1CCC(Oc2ccccc2CC(=O)O)CC1. The summed E-state index contributed by atoms with van der Waals surface area (Å²) in [5, 5.41) is 8.87. The lowest BCUT2D eigenvalue weighted by Crippen LogP contribution is -2.35. The summed E-state index contributed by atoms with van der Waals surface area (Å²) in [4.78, 5) is 13.1.